The molecule has 1 fully saturated rings. The Morgan fingerprint density at radius 1 is 1.23 bits per heavy atom. The summed E-state index contributed by atoms with van der Waals surface area (Å²) >= 11 is 0. The van der Waals surface area contributed by atoms with E-state index in [0.29, 0.717) is 12.5 Å². The van der Waals surface area contributed by atoms with Crippen molar-refractivity contribution in [1.29, 1.82) is 0 Å². The van der Waals surface area contributed by atoms with Gasteiger partial charge in [0.15, 0.2) is 0 Å². The van der Waals surface area contributed by atoms with E-state index in [1.54, 1.807) is 17.6 Å². The zero-order valence-electron chi connectivity index (χ0n) is 14.6. The molecule has 1 atom stereocenters. The largest absolute Gasteiger partial charge is 0.296 e. The minimum absolute atomic E-state index is 0.133. The summed E-state index contributed by atoms with van der Waals surface area (Å²) < 4.78 is 13.8. The minimum atomic E-state index is -0.552. The van der Waals surface area contributed by atoms with Gasteiger partial charge < -0.3 is 0 Å². The predicted molar refractivity (Wildman–Crippen MR) is 99.1 cm³/mol. The second-order valence-electron chi connectivity index (χ2n) is 6.51. The molecule has 0 saturated carbocycles. The third-order valence-corrected chi connectivity index (χ3v) is 4.85. The van der Waals surface area contributed by atoms with Gasteiger partial charge in [0.25, 0.3) is 5.91 Å². The van der Waals surface area contributed by atoms with Gasteiger partial charge in [-0.15, -0.1) is 0 Å². The van der Waals surface area contributed by atoms with Gasteiger partial charge in [-0.3, -0.25) is 14.9 Å². The van der Waals surface area contributed by atoms with Gasteiger partial charge in [0.05, 0.1) is 0 Å². The van der Waals surface area contributed by atoms with Gasteiger partial charge in [-0.1, -0.05) is 42.5 Å². The molecule has 2 aromatic rings. The fourth-order valence-corrected chi connectivity index (χ4v) is 3.47. The molecule has 2 N–H and O–H groups in total. The van der Waals surface area contributed by atoms with Crippen molar-refractivity contribution < 1.29 is 14.4 Å². The number of halogens is 1. The van der Waals surface area contributed by atoms with E-state index in [1.807, 2.05) is 24.3 Å². The molecule has 1 aliphatic rings. The van der Waals surface area contributed by atoms with Crippen molar-refractivity contribution in [3.63, 3.8) is 0 Å². The van der Waals surface area contributed by atoms with E-state index in [2.05, 4.69) is 17.0 Å². The first-order chi connectivity index (χ1) is 12.7. The predicted octanol–water partition coefficient (Wildman–Crippen LogP) is 3.72. The second kappa shape index (κ2) is 8.74. The quantitative estimate of drug-likeness (QED) is 0.472. The number of hydrogen-bond acceptors (Lipinski definition) is 3. The number of hydroxylamine groups is 1. The highest BCUT2D eigenvalue weighted by Crippen LogP contribution is 2.32. The molecule has 0 bridgehead atoms. The smallest absolute Gasteiger partial charge is 0.267 e. The molecule has 0 aliphatic carbocycles. The summed E-state index contributed by atoms with van der Waals surface area (Å²) in [5.74, 6) is -0.685. The molecular weight excluding hydrogens is 331 g/mol. The Bertz CT molecular complexity index is 774. The summed E-state index contributed by atoms with van der Waals surface area (Å²) in [5.41, 5.74) is 4.47. The molecule has 3 rings (SSSR count). The maximum Gasteiger partial charge on any atom is 0.267 e. The SMILES string of the molecule is O=C(C=Cc1ccc(C2CCCN2CCc2ccccc2F)cc1)NO. The van der Waals surface area contributed by atoms with Crippen LogP contribution in [0.1, 0.15) is 35.6 Å². The topological polar surface area (TPSA) is 52.6 Å². The van der Waals surface area contributed by atoms with Gasteiger partial charge in [-0.25, -0.2) is 9.87 Å². The van der Waals surface area contributed by atoms with Crippen LogP contribution >= 0.6 is 0 Å². The number of nitrogens with one attached hydrogen (secondary N) is 1. The number of benzene rings is 2. The summed E-state index contributed by atoms with van der Waals surface area (Å²) in [6.45, 7) is 1.86. The Labute approximate surface area is 152 Å². The lowest BCUT2D eigenvalue weighted by atomic mass is 10.0. The van der Waals surface area contributed by atoms with Gasteiger partial charge in [0, 0.05) is 18.7 Å². The van der Waals surface area contributed by atoms with Crippen LogP contribution in [-0.4, -0.2) is 29.1 Å². The van der Waals surface area contributed by atoms with Gasteiger partial charge in [-0.05, 0) is 54.6 Å². The first-order valence-corrected chi connectivity index (χ1v) is 8.87. The van der Waals surface area contributed by atoms with Crippen LogP contribution in [0.5, 0.6) is 0 Å². The number of amides is 1. The summed E-state index contributed by atoms with van der Waals surface area (Å²) in [4.78, 5) is 13.4. The van der Waals surface area contributed by atoms with Crippen LogP contribution in [0.4, 0.5) is 4.39 Å². The number of likely N-dealkylation sites (tertiary alicyclic amines) is 1. The first-order valence-electron chi connectivity index (χ1n) is 8.87. The third-order valence-electron chi connectivity index (χ3n) is 4.85. The highest BCUT2D eigenvalue weighted by molar-refractivity contribution is 5.90. The molecule has 1 amide bonds. The minimum Gasteiger partial charge on any atom is -0.296 e. The zero-order valence-corrected chi connectivity index (χ0v) is 14.6. The molecule has 0 radical (unpaired) electrons. The molecule has 0 spiro atoms. The Morgan fingerprint density at radius 3 is 2.73 bits per heavy atom. The Balaban J connectivity index is 1.63. The Kier molecular flexibility index (Phi) is 6.15. The van der Waals surface area contributed by atoms with Crippen molar-refractivity contribution >= 4 is 12.0 Å². The van der Waals surface area contributed by atoms with Crippen LogP contribution in [-0.2, 0) is 11.2 Å². The average molecular weight is 354 g/mol. The van der Waals surface area contributed by atoms with Crippen molar-refractivity contribution in [2.75, 3.05) is 13.1 Å². The summed E-state index contributed by atoms with van der Waals surface area (Å²) in [6, 6.07) is 15.4. The average Bonchev–Trinajstić information content (AvgIpc) is 3.14. The first kappa shape index (κ1) is 18.3. The molecule has 4 nitrogen and oxygen atoms in total. The van der Waals surface area contributed by atoms with Gasteiger partial charge >= 0.3 is 0 Å². The van der Waals surface area contributed by atoms with E-state index in [4.69, 9.17) is 5.21 Å². The molecule has 1 unspecified atom stereocenters. The fraction of sp³-hybridized carbons (Fsp3) is 0.286. The fourth-order valence-electron chi connectivity index (χ4n) is 3.47. The van der Waals surface area contributed by atoms with Crippen LogP contribution in [0.3, 0.4) is 0 Å². The summed E-state index contributed by atoms with van der Waals surface area (Å²) in [7, 11) is 0. The van der Waals surface area contributed by atoms with Crippen LogP contribution in [0, 0.1) is 5.82 Å². The van der Waals surface area contributed by atoms with E-state index in [-0.39, 0.29) is 5.82 Å². The van der Waals surface area contributed by atoms with Crippen LogP contribution < -0.4 is 5.48 Å². The molecule has 1 heterocycles. The van der Waals surface area contributed by atoms with Crippen molar-refractivity contribution in [3.8, 4) is 0 Å². The van der Waals surface area contributed by atoms with Crippen molar-refractivity contribution in [2.45, 2.75) is 25.3 Å². The van der Waals surface area contributed by atoms with Crippen molar-refractivity contribution in [3.05, 3.63) is 77.1 Å². The van der Waals surface area contributed by atoms with Crippen LogP contribution in [0.2, 0.25) is 0 Å². The number of nitrogens with zero attached hydrogens (tertiary/aromatic N) is 1. The molecule has 5 heteroatoms. The highest BCUT2D eigenvalue weighted by Gasteiger charge is 2.25. The lowest BCUT2D eigenvalue weighted by molar-refractivity contribution is -0.124. The van der Waals surface area contributed by atoms with E-state index in [1.165, 1.54) is 17.7 Å². The van der Waals surface area contributed by atoms with E-state index >= 15 is 0 Å². The van der Waals surface area contributed by atoms with E-state index < -0.39 is 5.91 Å². The summed E-state index contributed by atoms with van der Waals surface area (Å²) in [5, 5.41) is 8.50. The molecule has 26 heavy (non-hydrogen) atoms. The molecule has 1 saturated heterocycles. The lowest BCUT2D eigenvalue weighted by Gasteiger charge is -2.25. The normalized spacial score (nSPS) is 17.7. The number of carbonyl (C=O) groups excluding carboxylic acids is 1. The highest BCUT2D eigenvalue weighted by atomic mass is 19.1. The lowest BCUT2D eigenvalue weighted by Crippen LogP contribution is -2.26. The summed E-state index contributed by atoms with van der Waals surface area (Å²) in [6.07, 6.45) is 5.88. The Hall–Kier alpha value is -2.50. The van der Waals surface area contributed by atoms with Crippen LogP contribution in [0.15, 0.2) is 54.6 Å². The standard InChI is InChI=1S/C21H23FN2O2/c22-19-5-2-1-4-17(19)13-15-24-14-3-6-20(24)18-10-7-16(8-11-18)9-12-21(25)23-26/h1-2,4-5,7-12,20,26H,3,6,13-15H2,(H,23,25). The van der Waals surface area contributed by atoms with E-state index in [9.17, 15) is 9.18 Å². The molecule has 1 aliphatic heterocycles. The number of rotatable bonds is 6. The molecule has 136 valence electrons. The maximum atomic E-state index is 13.8. The third kappa shape index (κ3) is 4.56. The second-order valence-corrected chi connectivity index (χ2v) is 6.51. The maximum absolute atomic E-state index is 13.8. The van der Waals surface area contributed by atoms with Gasteiger partial charge in [0.2, 0.25) is 0 Å². The van der Waals surface area contributed by atoms with Crippen molar-refractivity contribution in [2.24, 2.45) is 0 Å². The van der Waals surface area contributed by atoms with Gasteiger partial charge in [0.1, 0.15) is 5.82 Å². The molecular formula is C21H23FN2O2. The Morgan fingerprint density at radius 2 is 2.00 bits per heavy atom. The number of hydrogen-bond donors (Lipinski definition) is 2. The van der Waals surface area contributed by atoms with Gasteiger partial charge in [-0.2, -0.15) is 0 Å². The molecule has 2 aromatic carbocycles. The van der Waals surface area contributed by atoms with Crippen LogP contribution in [0.25, 0.3) is 6.08 Å². The molecule has 0 aromatic heterocycles. The zero-order chi connectivity index (χ0) is 18.4. The number of carbonyl (C=O) groups is 1. The monoisotopic (exact) mass is 354 g/mol. The van der Waals surface area contributed by atoms with E-state index in [0.717, 1.165) is 37.1 Å². The van der Waals surface area contributed by atoms with Crippen molar-refractivity contribution in [1.82, 2.24) is 10.4 Å².